The van der Waals surface area contributed by atoms with Crippen LogP contribution in [0.4, 0.5) is 11.4 Å². The van der Waals surface area contributed by atoms with Crippen molar-refractivity contribution < 1.29 is 9.59 Å². The maximum Gasteiger partial charge on any atom is 0.229 e. The van der Waals surface area contributed by atoms with E-state index in [1.165, 1.54) is 0 Å². The van der Waals surface area contributed by atoms with Gasteiger partial charge in [0.25, 0.3) is 0 Å². The molecule has 5 heteroatoms. The van der Waals surface area contributed by atoms with Gasteiger partial charge in [-0.05, 0) is 43.7 Å². The van der Waals surface area contributed by atoms with Gasteiger partial charge in [0.1, 0.15) is 0 Å². The maximum absolute atomic E-state index is 12.5. The number of hydrogen-bond acceptors (Lipinski definition) is 2. The summed E-state index contributed by atoms with van der Waals surface area (Å²) in [6, 6.07) is 13.1. The van der Waals surface area contributed by atoms with Crippen molar-refractivity contribution in [1.29, 1.82) is 0 Å². The van der Waals surface area contributed by atoms with Gasteiger partial charge in [-0.25, -0.2) is 0 Å². The SMILES string of the molecule is Cc1ccc(N2C[C@H](C(=O)Nc3cc(Cl)ccc3C)CC2=O)cc1. The summed E-state index contributed by atoms with van der Waals surface area (Å²) >= 11 is 5.99. The van der Waals surface area contributed by atoms with E-state index in [4.69, 9.17) is 11.6 Å². The summed E-state index contributed by atoms with van der Waals surface area (Å²) < 4.78 is 0. The van der Waals surface area contributed by atoms with E-state index in [0.29, 0.717) is 17.3 Å². The Morgan fingerprint density at radius 3 is 2.58 bits per heavy atom. The van der Waals surface area contributed by atoms with E-state index in [-0.39, 0.29) is 24.2 Å². The fraction of sp³-hybridized carbons (Fsp3) is 0.263. The molecule has 4 nitrogen and oxygen atoms in total. The van der Waals surface area contributed by atoms with Crippen LogP contribution in [0, 0.1) is 19.8 Å². The summed E-state index contributed by atoms with van der Waals surface area (Å²) in [6.45, 7) is 4.30. The van der Waals surface area contributed by atoms with Crippen molar-refractivity contribution in [1.82, 2.24) is 0 Å². The fourth-order valence-electron chi connectivity index (χ4n) is 2.82. The van der Waals surface area contributed by atoms with Crippen molar-refractivity contribution in [3.05, 3.63) is 58.6 Å². The molecule has 0 aliphatic carbocycles. The zero-order valence-electron chi connectivity index (χ0n) is 13.7. The van der Waals surface area contributed by atoms with Crippen LogP contribution in [0.15, 0.2) is 42.5 Å². The van der Waals surface area contributed by atoms with Crippen LogP contribution in [0.5, 0.6) is 0 Å². The first-order valence-electron chi connectivity index (χ1n) is 7.88. The zero-order chi connectivity index (χ0) is 17.3. The number of carbonyl (C=O) groups is 2. The van der Waals surface area contributed by atoms with Crippen LogP contribution in [0.2, 0.25) is 5.02 Å². The van der Waals surface area contributed by atoms with Crippen LogP contribution in [0.25, 0.3) is 0 Å². The molecule has 0 unspecified atom stereocenters. The Morgan fingerprint density at radius 2 is 1.88 bits per heavy atom. The molecule has 1 atom stereocenters. The molecule has 1 heterocycles. The molecular weight excluding hydrogens is 324 g/mol. The van der Waals surface area contributed by atoms with Crippen molar-refractivity contribution in [3.63, 3.8) is 0 Å². The molecule has 1 saturated heterocycles. The number of nitrogens with zero attached hydrogens (tertiary/aromatic N) is 1. The van der Waals surface area contributed by atoms with Crippen molar-refractivity contribution in [3.8, 4) is 0 Å². The van der Waals surface area contributed by atoms with Gasteiger partial charge in [0, 0.05) is 29.4 Å². The molecule has 2 aromatic carbocycles. The summed E-state index contributed by atoms with van der Waals surface area (Å²) in [5, 5.41) is 3.46. The lowest BCUT2D eigenvalue weighted by atomic mass is 10.1. The second kappa shape index (κ2) is 6.65. The molecule has 1 aliphatic rings. The molecule has 0 radical (unpaired) electrons. The summed E-state index contributed by atoms with van der Waals surface area (Å²) in [7, 11) is 0. The molecule has 0 saturated carbocycles. The molecule has 0 spiro atoms. The maximum atomic E-state index is 12.5. The minimum atomic E-state index is -0.364. The topological polar surface area (TPSA) is 49.4 Å². The molecule has 1 fully saturated rings. The largest absolute Gasteiger partial charge is 0.325 e. The highest BCUT2D eigenvalue weighted by Crippen LogP contribution is 2.27. The Kier molecular flexibility index (Phi) is 4.58. The Morgan fingerprint density at radius 1 is 1.17 bits per heavy atom. The van der Waals surface area contributed by atoms with E-state index in [9.17, 15) is 9.59 Å². The third kappa shape index (κ3) is 3.44. The number of nitrogens with one attached hydrogen (secondary N) is 1. The number of amides is 2. The van der Waals surface area contributed by atoms with Crippen molar-refractivity contribution in [2.75, 3.05) is 16.8 Å². The zero-order valence-corrected chi connectivity index (χ0v) is 14.4. The Bertz CT molecular complexity index is 786. The first-order valence-corrected chi connectivity index (χ1v) is 8.26. The van der Waals surface area contributed by atoms with Gasteiger partial charge in [-0.1, -0.05) is 35.4 Å². The van der Waals surface area contributed by atoms with E-state index in [1.54, 1.807) is 17.0 Å². The Labute approximate surface area is 146 Å². The average molecular weight is 343 g/mol. The number of benzene rings is 2. The van der Waals surface area contributed by atoms with E-state index in [2.05, 4.69) is 5.32 Å². The van der Waals surface area contributed by atoms with Gasteiger partial charge in [0.05, 0.1) is 5.92 Å². The summed E-state index contributed by atoms with van der Waals surface area (Å²) in [5.74, 6) is -0.540. The van der Waals surface area contributed by atoms with E-state index >= 15 is 0 Å². The Balaban J connectivity index is 1.72. The van der Waals surface area contributed by atoms with Crippen LogP contribution < -0.4 is 10.2 Å². The predicted octanol–water partition coefficient (Wildman–Crippen LogP) is 3.95. The van der Waals surface area contributed by atoms with Gasteiger partial charge in [-0.3, -0.25) is 9.59 Å². The summed E-state index contributed by atoms with van der Waals surface area (Å²) in [5.41, 5.74) is 3.59. The molecule has 1 N–H and O–H groups in total. The number of aryl methyl sites for hydroxylation is 2. The molecule has 24 heavy (non-hydrogen) atoms. The molecule has 1 aliphatic heterocycles. The van der Waals surface area contributed by atoms with Gasteiger partial charge in [-0.2, -0.15) is 0 Å². The molecule has 2 aromatic rings. The lowest BCUT2D eigenvalue weighted by Gasteiger charge is -2.17. The second-order valence-electron chi connectivity index (χ2n) is 6.19. The normalized spacial score (nSPS) is 17.2. The highest BCUT2D eigenvalue weighted by Gasteiger charge is 2.35. The molecule has 0 bridgehead atoms. The van der Waals surface area contributed by atoms with Gasteiger partial charge in [0.15, 0.2) is 0 Å². The van der Waals surface area contributed by atoms with Crippen molar-refractivity contribution in [2.24, 2.45) is 5.92 Å². The number of anilines is 2. The first kappa shape index (κ1) is 16.5. The third-order valence-corrected chi connectivity index (χ3v) is 4.53. The average Bonchev–Trinajstić information content (AvgIpc) is 2.94. The minimum absolute atomic E-state index is 0.0261. The molecule has 0 aromatic heterocycles. The van der Waals surface area contributed by atoms with Gasteiger partial charge >= 0.3 is 0 Å². The highest BCUT2D eigenvalue weighted by molar-refractivity contribution is 6.31. The fourth-order valence-corrected chi connectivity index (χ4v) is 2.99. The van der Waals surface area contributed by atoms with Crippen molar-refractivity contribution in [2.45, 2.75) is 20.3 Å². The number of halogens is 1. The van der Waals surface area contributed by atoms with E-state index in [0.717, 1.165) is 16.8 Å². The van der Waals surface area contributed by atoms with Crippen LogP contribution in [0.1, 0.15) is 17.5 Å². The number of rotatable bonds is 3. The third-order valence-electron chi connectivity index (χ3n) is 4.30. The Hall–Kier alpha value is -2.33. The van der Waals surface area contributed by atoms with Crippen LogP contribution in [-0.2, 0) is 9.59 Å². The van der Waals surface area contributed by atoms with E-state index in [1.807, 2.05) is 44.2 Å². The summed E-state index contributed by atoms with van der Waals surface area (Å²) in [4.78, 5) is 26.5. The van der Waals surface area contributed by atoms with Crippen LogP contribution >= 0.6 is 11.6 Å². The van der Waals surface area contributed by atoms with Crippen LogP contribution in [0.3, 0.4) is 0 Å². The molecule has 3 rings (SSSR count). The van der Waals surface area contributed by atoms with Crippen LogP contribution in [-0.4, -0.2) is 18.4 Å². The number of carbonyl (C=O) groups excluding carboxylic acids is 2. The summed E-state index contributed by atoms with van der Waals surface area (Å²) in [6.07, 6.45) is 0.222. The molecule has 2 amide bonds. The monoisotopic (exact) mass is 342 g/mol. The van der Waals surface area contributed by atoms with Gasteiger partial charge in [-0.15, -0.1) is 0 Å². The first-order chi connectivity index (χ1) is 11.4. The molecule has 124 valence electrons. The lowest BCUT2D eigenvalue weighted by Crippen LogP contribution is -2.28. The standard InChI is InChI=1S/C19H19ClN2O2/c1-12-3-7-16(8-4-12)22-11-14(9-18(22)23)19(24)21-17-10-15(20)6-5-13(17)2/h3-8,10,14H,9,11H2,1-2H3,(H,21,24)/t14-/m1/s1. The lowest BCUT2D eigenvalue weighted by molar-refractivity contribution is -0.122. The highest BCUT2D eigenvalue weighted by atomic mass is 35.5. The van der Waals surface area contributed by atoms with E-state index < -0.39 is 0 Å². The minimum Gasteiger partial charge on any atom is -0.325 e. The van der Waals surface area contributed by atoms with Gasteiger partial charge in [0.2, 0.25) is 11.8 Å². The van der Waals surface area contributed by atoms with Crippen molar-refractivity contribution >= 4 is 34.8 Å². The molecular formula is C19H19ClN2O2. The van der Waals surface area contributed by atoms with Gasteiger partial charge < -0.3 is 10.2 Å². The quantitative estimate of drug-likeness (QED) is 0.918. The number of hydrogen-bond donors (Lipinski definition) is 1. The smallest absolute Gasteiger partial charge is 0.229 e. The second-order valence-corrected chi connectivity index (χ2v) is 6.63. The predicted molar refractivity (Wildman–Crippen MR) is 96.5 cm³/mol.